The summed E-state index contributed by atoms with van der Waals surface area (Å²) in [6.07, 6.45) is 2.45. The van der Waals surface area contributed by atoms with E-state index in [9.17, 15) is 10.1 Å². The number of nitro benzene ring substituents is 1. The quantitative estimate of drug-likeness (QED) is 0.586. The number of nitrogens with zero attached hydrogens (tertiary/aromatic N) is 1. The van der Waals surface area contributed by atoms with E-state index in [4.69, 9.17) is 5.73 Å². The number of anilines is 1. The molecule has 1 aliphatic rings. The van der Waals surface area contributed by atoms with Gasteiger partial charge >= 0.3 is 0 Å². The second-order valence-corrected chi connectivity index (χ2v) is 4.19. The lowest BCUT2D eigenvalue weighted by Crippen LogP contribution is -2.30. The maximum atomic E-state index is 10.4. The molecule has 0 spiro atoms. The SMILES string of the molecule is NC(CNc1ccc([N+](=O)[O-])cc1)C1CC1. The first kappa shape index (κ1) is 10.9. The van der Waals surface area contributed by atoms with Gasteiger partial charge in [-0.25, -0.2) is 0 Å². The third kappa shape index (κ3) is 2.70. The fourth-order valence-electron chi connectivity index (χ4n) is 1.63. The Hall–Kier alpha value is -1.62. The van der Waals surface area contributed by atoms with E-state index in [-0.39, 0.29) is 11.7 Å². The first-order valence-corrected chi connectivity index (χ1v) is 5.41. The zero-order valence-electron chi connectivity index (χ0n) is 8.93. The minimum Gasteiger partial charge on any atom is -0.383 e. The third-order valence-corrected chi connectivity index (χ3v) is 2.85. The Morgan fingerprint density at radius 3 is 2.56 bits per heavy atom. The Labute approximate surface area is 93.8 Å². The Balaban J connectivity index is 1.86. The Morgan fingerprint density at radius 2 is 2.06 bits per heavy atom. The predicted molar refractivity (Wildman–Crippen MR) is 62.3 cm³/mol. The molecule has 0 amide bonds. The van der Waals surface area contributed by atoms with Crippen molar-refractivity contribution in [2.45, 2.75) is 18.9 Å². The van der Waals surface area contributed by atoms with E-state index in [1.807, 2.05) is 0 Å². The highest BCUT2D eigenvalue weighted by atomic mass is 16.6. The van der Waals surface area contributed by atoms with Crippen LogP contribution >= 0.6 is 0 Å². The minimum atomic E-state index is -0.403. The molecule has 0 aromatic heterocycles. The molecule has 1 atom stereocenters. The summed E-state index contributed by atoms with van der Waals surface area (Å²) in [4.78, 5) is 10.0. The molecule has 1 aromatic carbocycles. The van der Waals surface area contributed by atoms with Gasteiger partial charge in [-0.05, 0) is 30.9 Å². The van der Waals surface area contributed by atoms with Gasteiger partial charge in [0.05, 0.1) is 4.92 Å². The van der Waals surface area contributed by atoms with Gasteiger partial charge in [-0.2, -0.15) is 0 Å². The number of benzene rings is 1. The smallest absolute Gasteiger partial charge is 0.269 e. The van der Waals surface area contributed by atoms with Gasteiger partial charge in [-0.15, -0.1) is 0 Å². The molecule has 3 N–H and O–H groups in total. The molecule has 1 fully saturated rings. The van der Waals surface area contributed by atoms with Crippen LogP contribution in [0, 0.1) is 16.0 Å². The van der Waals surface area contributed by atoms with Crippen LogP contribution in [0.4, 0.5) is 11.4 Å². The van der Waals surface area contributed by atoms with Crippen LogP contribution < -0.4 is 11.1 Å². The summed E-state index contributed by atoms with van der Waals surface area (Å²) < 4.78 is 0. The molecule has 0 aliphatic heterocycles. The van der Waals surface area contributed by atoms with Crippen LogP contribution in [0.1, 0.15) is 12.8 Å². The first-order chi connectivity index (χ1) is 7.66. The zero-order valence-corrected chi connectivity index (χ0v) is 8.93. The average Bonchev–Trinajstić information content (AvgIpc) is 3.10. The van der Waals surface area contributed by atoms with Gasteiger partial charge in [-0.1, -0.05) is 0 Å². The topological polar surface area (TPSA) is 81.2 Å². The van der Waals surface area contributed by atoms with Gasteiger partial charge in [0.1, 0.15) is 0 Å². The lowest BCUT2D eigenvalue weighted by atomic mass is 10.2. The minimum absolute atomic E-state index is 0.108. The molecule has 1 saturated carbocycles. The average molecular weight is 221 g/mol. The van der Waals surface area contributed by atoms with Gasteiger partial charge in [0, 0.05) is 30.4 Å². The maximum absolute atomic E-state index is 10.4. The molecule has 0 radical (unpaired) electrons. The molecule has 5 nitrogen and oxygen atoms in total. The predicted octanol–water partition coefficient (Wildman–Crippen LogP) is 1.74. The number of hydrogen-bond donors (Lipinski definition) is 2. The molecule has 2 rings (SSSR count). The second-order valence-electron chi connectivity index (χ2n) is 4.19. The van der Waals surface area contributed by atoms with Crippen LogP contribution in [0.2, 0.25) is 0 Å². The van der Waals surface area contributed by atoms with Crippen LogP contribution in [0.25, 0.3) is 0 Å². The third-order valence-electron chi connectivity index (χ3n) is 2.85. The summed E-state index contributed by atoms with van der Waals surface area (Å²) in [5, 5.41) is 13.6. The number of nitro groups is 1. The van der Waals surface area contributed by atoms with Crippen LogP contribution in [-0.2, 0) is 0 Å². The standard InChI is InChI=1S/C11H15N3O2/c12-11(8-1-2-8)7-13-9-3-5-10(6-4-9)14(15)16/h3-6,8,11,13H,1-2,7,12H2. The van der Waals surface area contributed by atoms with E-state index >= 15 is 0 Å². The van der Waals surface area contributed by atoms with Crippen molar-refractivity contribution in [3.8, 4) is 0 Å². The Morgan fingerprint density at radius 1 is 1.44 bits per heavy atom. The zero-order chi connectivity index (χ0) is 11.5. The van der Waals surface area contributed by atoms with Crippen molar-refractivity contribution >= 4 is 11.4 Å². The molecule has 1 aromatic rings. The van der Waals surface area contributed by atoms with Gasteiger partial charge in [0.2, 0.25) is 0 Å². The first-order valence-electron chi connectivity index (χ1n) is 5.41. The summed E-state index contributed by atoms with van der Waals surface area (Å²) >= 11 is 0. The summed E-state index contributed by atoms with van der Waals surface area (Å²) in [5.74, 6) is 0.658. The van der Waals surface area contributed by atoms with E-state index in [1.165, 1.54) is 25.0 Å². The lowest BCUT2D eigenvalue weighted by molar-refractivity contribution is -0.384. The van der Waals surface area contributed by atoms with Crippen molar-refractivity contribution in [1.82, 2.24) is 0 Å². The monoisotopic (exact) mass is 221 g/mol. The molecular weight excluding hydrogens is 206 g/mol. The molecule has 1 aliphatic carbocycles. The molecule has 16 heavy (non-hydrogen) atoms. The van der Waals surface area contributed by atoms with E-state index in [0.717, 1.165) is 12.2 Å². The molecule has 1 unspecified atom stereocenters. The lowest BCUT2D eigenvalue weighted by Gasteiger charge is -2.12. The number of hydrogen-bond acceptors (Lipinski definition) is 4. The van der Waals surface area contributed by atoms with E-state index < -0.39 is 4.92 Å². The van der Waals surface area contributed by atoms with E-state index in [2.05, 4.69) is 5.32 Å². The normalized spacial score (nSPS) is 16.8. The Kier molecular flexibility index (Phi) is 3.05. The fourth-order valence-corrected chi connectivity index (χ4v) is 1.63. The number of nitrogens with two attached hydrogens (primary N) is 1. The summed E-state index contributed by atoms with van der Waals surface area (Å²) in [6, 6.07) is 6.58. The largest absolute Gasteiger partial charge is 0.383 e. The number of non-ortho nitro benzene ring substituents is 1. The van der Waals surface area contributed by atoms with Crippen molar-refractivity contribution < 1.29 is 4.92 Å². The Bertz CT molecular complexity index is 373. The summed E-state index contributed by atoms with van der Waals surface area (Å²) in [6.45, 7) is 0.725. The molecule has 5 heteroatoms. The van der Waals surface area contributed by atoms with Crippen molar-refractivity contribution in [3.63, 3.8) is 0 Å². The summed E-state index contributed by atoms with van der Waals surface area (Å²) in [5.41, 5.74) is 6.92. The van der Waals surface area contributed by atoms with Crippen LogP contribution in [0.3, 0.4) is 0 Å². The second kappa shape index (κ2) is 4.49. The van der Waals surface area contributed by atoms with Crippen molar-refractivity contribution in [1.29, 1.82) is 0 Å². The highest BCUT2D eigenvalue weighted by molar-refractivity contribution is 5.48. The van der Waals surface area contributed by atoms with Crippen LogP contribution in [-0.4, -0.2) is 17.5 Å². The molecule has 0 heterocycles. The van der Waals surface area contributed by atoms with Gasteiger partial charge in [-0.3, -0.25) is 10.1 Å². The van der Waals surface area contributed by atoms with Crippen LogP contribution in [0.15, 0.2) is 24.3 Å². The number of nitrogens with one attached hydrogen (secondary N) is 1. The fraction of sp³-hybridized carbons (Fsp3) is 0.455. The highest BCUT2D eigenvalue weighted by Crippen LogP contribution is 2.31. The van der Waals surface area contributed by atoms with Gasteiger partial charge < -0.3 is 11.1 Å². The molecule has 0 saturated heterocycles. The van der Waals surface area contributed by atoms with Crippen molar-refractivity contribution in [3.05, 3.63) is 34.4 Å². The molecule has 0 bridgehead atoms. The summed E-state index contributed by atoms with van der Waals surface area (Å²) in [7, 11) is 0. The van der Waals surface area contributed by atoms with Crippen molar-refractivity contribution in [2.75, 3.05) is 11.9 Å². The molecular formula is C11H15N3O2. The van der Waals surface area contributed by atoms with Gasteiger partial charge in [0.15, 0.2) is 0 Å². The van der Waals surface area contributed by atoms with E-state index in [1.54, 1.807) is 12.1 Å². The highest BCUT2D eigenvalue weighted by Gasteiger charge is 2.27. The van der Waals surface area contributed by atoms with Gasteiger partial charge in [0.25, 0.3) is 5.69 Å². The molecule has 86 valence electrons. The van der Waals surface area contributed by atoms with Crippen molar-refractivity contribution in [2.24, 2.45) is 11.7 Å². The number of rotatable bonds is 5. The van der Waals surface area contributed by atoms with Crippen LogP contribution in [0.5, 0.6) is 0 Å². The maximum Gasteiger partial charge on any atom is 0.269 e. The van der Waals surface area contributed by atoms with E-state index in [0.29, 0.717) is 5.92 Å².